The van der Waals surface area contributed by atoms with E-state index in [1.54, 1.807) is 0 Å². The first-order valence-electron chi connectivity index (χ1n) is 6.11. The Bertz CT molecular complexity index is 274. The summed E-state index contributed by atoms with van der Waals surface area (Å²) in [7, 11) is 0. The number of amidine groups is 1. The molecule has 3 N–H and O–H groups in total. The predicted molar refractivity (Wildman–Crippen MR) is 60.4 cm³/mol. The van der Waals surface area contributed by atoms with Gasteiger partial charge < -0.3 is 15.7 Å². The first kappa shape index (κ1) is 15.1. The van der Waals surface area contributed by atoms with E-state index in [0.29, 0.717) is 0 Å². The van der Waals surface area contributed by atoms with Gasteiger partial charge in [-0.1, -0.05) is 30.8 Å². The molecule has 0 bridgehead atoms. The Balaban J connectivity index is 2.51. The highest BCUT2D eigenvalue weighted by molar-refractivity contribution is 5.83. The van der Waals surface area contributed by atoms with Crippen LogP contribution in [0.2, 0.25) is 0 Å². The molecule has 0 radical (unpaired) electrons. The molecule has 18 heavy (non-hydrogen) atoms. The van der Waals surface area contributed by atoms with Crippen LogP contribution in [0.15, 0.2) is 5.16 Å². The SMILES string of the molecule is NC(=NO)C(COC1CCCCCC1)C(F)(F)F. The van der Waals surface area contributed by atoms with Gasteiger partial charge in [0.1, 0.15) is 5.92 Å². The zero-order valence-corrected chi connectivity index (χ0v) is 10.1. The summed E-state index contributed by atoms with van der Waals surface area (Å²) in [5.74, 6) is -2.89. The monoisotopic (exact) mass is 268 g/mol. The average Bonchev–Trinajstić information content (AvgIpc) is 2.55. The fourth-order valence-electron chi connectivity index (χ4n) is 2.06. The lowest BCUT2D eigenvalue weighted by Crippen LogP contribution is -2.40. The van der Waals surface area contributed by atoms with Crippen LogP contribution in [0.3, 0.4) is 0 Å². The smallest absolute Gasteiger partial charge is 0.401 e. The van der Waals surface area contributed by atoms with E-state index in [0.717, 1.165) is 38.5 Å². The van der Waals surface area contributed by atoms with Crippen molar-refractivity contribution in [3.05, 3.63) is 0 Å². The lowest BCUT2D eigenvalue weighted by Gasteiger charge is -2.22. The zero-order chi connectivity index (χ0) is 13.6. The Kier molecular flexibility index (Phi) is 5.71. The Labute approximate surface area is 104 Å². The Morgan fingerprint density at radius 3 is 2.28 bits per heavy atom. The zero-order valence-electron chi connectivity index (χ0n) is 10.1. The van der Waals surface area contributed by atoms with Crippen molar-refractivity contribution in [1.82, 2.24) is 0 Å². The van der Waals surface area contributed by atoms with E-state index >= 15 is 0 Å². The molecule has 0 spiro atoms. The van der Waals surface area contributed by atoms with E-state index in [4.69, 9.17) is 15.7 Å². The quantitative estimate of drug-likeness (QED) is 0.271. The van der Waals surface area contributed by atoms with Crippen LogP contribution < -0.4 is 5.73 Å². The standard InChI is InChI=1S/C11H19F3N2O2/c12-11(13,14)9(10(15)16-17)7-18-8-5-3-1-2-4-6-8/h8-9,17H,1-7H2,(H2,15,16). The molecule has 7 heteroatoms. The lowest BCUT2D eigenvalue weighted by molar-refractivity contribution is -0.173. The molecule has 1 aliphatic rings. The van der Waals surface area contributed by atoms with Crippen molar-refractivity contribution in [2.45, 2.75) is 50.8 Å². The summed E-state index contributed by atoms with van der Waals surface area (Å²) < 4.78 is 43.2. The number of alkyl halides is 3. The molecule has 0 amide bonds. The summed E-state index contributed by atoms with van der Waals surface area (Å²) in [5, 5.41) is 10.8. The largest absolute Gasteiger partial charge is 0.409 e. The van der Waals surface area contributed by atoms with Gasteiger partial charge >= 0.3 is 6.18 Å². The minimum atomic E-state index is -4.55. The molecule has 0 aliphatic heterocycles. The molecule has 106 valence electrons. The van der Waals surface area contributed by atoms with Crippen LogP contribution in [0.25, 0.3) is 0 Å². The van der Waals surface area contributed by atoms with Crippen LogP contribution in [0.4, 0.5) is 13.2 Å². The van der Waals surface area contributed by atoms with Gasteiger partial charge in [0.05, 0.1) is 12.7 Å². The number of hydrogen-bond donors (Lipinski definition) is 2. The molecule has 0 aromatic rings. The number of oxime groups is 1. The van der Waals surface area contributed by atoms with Gasteiger partial charge in [-0.25, -0.2) is 0 Å². The van der Waals surface area contributed by atoms with E-state index in [9.17, 15) is 13.2 Å². The summed E-state index contributed by atoms with van der Waals surface area (Å²) in [6.07, 6.45) is 1.01. The van der Waals surface area contributed by atoms with E-state index in [-0.39, 0.29) is 6.10 Å². The van der Waals surface area contributed by atoms with E-state index in [2.05, 4.69) is 5.16 Å². The van der Waals surface area contributed by atoms with Crippen LogP contribution in [0, 0.1) is 5.92 Å². The van der Waals surface area contributed by atoms with Crippen molar-refractivity contribution in [2.24, 2.45) is 16.8 Å². The van der Waals surface area contributed by atoms with Crippen molar-refractivity contribution in [2.75, 3.05) is 6.61 Å². The van der Waals surface area contributed by atoms with Gasteiger partial charge in [-0.05, 0) is 12.8 Å². The molecule has 0 aromatic carbocycles. The van der Waals surface area contributed by atoms with Gasteiger partial charge in [0, 0.05) is 0 Å². The number of ether oxygens (including phenoxy) is 1. The number of nitrogens with two attached hydrogens (primary N) is 1. The normalized spacial score (nSPS) is 21.6. The molecule has 1 aliphatic carbocycles. The predicted octanol–water partition coefficient (Wildman–Crippen LogP) is 2.65. The first-order valence-corrected chi connectivity index (χ1v) is 6.11. The van der Waals surface area contributed by atoms with Crippen LogP contribution >= 0.6 is 0 Å². The summed E-state index contributed by atoms with van der Waals surface area (Å²) in [6.45, 7) is -0.579. The fraction of sp³-hybridized carbons (Fsp3) is 0.909. The maximum atomic E-state index is 12.6. The molecule has 0 heterocycles. The Morgan fingerprint density at radius 2 is 1.83 bits per heavy atom. The van der Waals surface area contributed by atoms with Crippen LogP contribution in [0.1, 0.15) is 38.5 Å². The maximum absolute atomic E-state index is 12.6. The maximum Gasteiger partial charge on any atom is 0.401 e. The van der Waals surface area contributed by atoms with E-state index in [1.165, 1.54) is 0 Å². The van der Waals surface area contributed by atoms with E-state index < -0.39 is 24.5 Å². The molecule has 0 aromatic heterocycles. The molecule has 1 unspecified atom stereocenters. The third-order valence-corrected chi connectivity index (χ3v) is 3.17. The third-order valence-electron chi connectivity index (χ3n) is 3.17. The van der Waals surface area contributed by atoms with Crippen LogP contribution in [0.5, 0.6) is 0 Å². The third kappa shape index (κ3) is 4.72. The summed E-state index contributed by atoms with van der Waals surface area (Å²) in [4.78, 5) is 0. The molecular formula is C11H19F3N2O2. The number of halogens is 3. The molecular weight excluding hydrogens is 249 g/mol. The van der Waals surface area contributed by atoms with Crippen molar-refractivity contribution in [1.29, 1.82) is 0 Å². The second-order valence-corrected chi connectivity index (χ2v) is 4.57. The first-order chi connectivity index (χ1) is 8.45. The molecule has 1 saturated carbocycles. The minimum Gasteiger partial charge on any atom is -0.409 e. The minimum absolute atomic E-state index is 0.149. The number of hydrogen-bond acceptors (Lipinski definition) is 3. The molecule has 1 rings (SSSR count). The second kappa shape index (κ2) is 6.82. The highest BCUT2D eigenvalue weighted by Gasteiger charge is 2.43. The summed E-state index contributed by atoms with van der Waals surface area (Å²) in [5.41, 5.74) is 5.05. The van der Waals surface area contributed by atoms with E-state index in [1.807, 2.05) is 0 Å². The highest BCUT2D eigenvalue weighted by atomic mass is 19.4. The van der Waals surface area contributed by atoms with Gasteiger partial charge in [-0.2, -0.15) is 13.2 Å². The Hall–Kier alpha value is -0.980. The van der Waals surface area contributed by atoms with Gasteiger partial charge in [-0.3, -0.25) is 0 Å². The van der Waals surface area contributed by atoms with Crippen molar-refractivity contribution in [3.63, 3.8) is 0 Å². The molecule has 4 nitrogen and oxygen atoms in total. The number of rotatable bonds is 4. The lowest BCUT2D eigenvalue weighted by atomic mass is 10.1. The van der Waals surface area contributed by atoms with Crippen LogP contribution in [-0.2, 0) is 4.74 Å². The van der Waals surface area contributed by atoms with Gasteiger partial charge in [0.15, 0.2) is 5.84 Å². The molecule has 1 atom stereocenters. The highest BCUT2D eigenvalue weighted by Crippen LogP contribution is 2.28. The van der Waals surface area contributed by atoms with Crippen molar-refractivity contribution < 1.29 is 23.1 Å². The van der Waals surface area contributed by atoms with Gasteiger partial charge in [0.2, 0.25) is 0 Å². The topological polar surface area (TPSA) is 67.8 Å². The second-order valence-electron chi connectivity index (χ2n) is 4.57. The van der Waals surface area contributed by atoms with Crippen molar-refractivity contribution in [3.8, 4) is 0 Å². The van der Waals surface area contributed by atoms with Crippen molar-refractivity contribution >= 4 is 5.84 Å². The van der Waals surface area contributed by atoms with Gasteiger partial charge in [-0.15, -0.1) is 0 Å². The average molecular weight is 268 g/mol. The summed E-state index contributed by atoms with van der Waals surface area (Å²) >= 11 is 0. The summed E-state index contributed by atoms with van der Waals surface area (Å²) in [6, 6.07) is 0. The Morgan fingerprint density at radius 1 is 1.28 bits per heavy atom. The molecule has 1 fully saturated rings. The fourth-order valence-corrected chi connectivity index (χ4v) is 2.06. The number of nitrogens with zero attached hydrogens (tertiary/aromatic N) is 1. The van der Waals surface area contributed by atoms with Crippen LogP contribution in [-0.4, -0.2) is 29.9 Å². The van der Waals surface area contributed by atoms with Gasteiger partial charge in [0.25, 0.3) is 0 Å². The molecule has 0 saturated heterocycles.